The maximum atomic E-state index is 5.01. The smallest absolute Gasteiger partial charge is 0.208 e. The number of nitrogens with zero attached hydrogens (tertiary/aromatic N) is 3. The monoisotopic (exact) mass is 452 g/mol. The standard InChI is InChI=1S/C30H36N4/c1-19-10-13-25(21(3)14-19)18-34(17-24-11-12-24)27-9-7-8-26-29(27)33(6)30(31-26)32-28-22(4)15-20(2)16-23(28)5/h7-10,13-16,24H,11-12,17-18H2,1-6H3,(H,31,32). The zero-order valence-corrected chi connectivity index (χ0v) is 21.4. The highest BCUT2D eigenvalue weighted by molar-refractivity contribution is 5.91. The van der Waals surface area contributed by atoms with Gasteiger partial charge in [0.05, 0.1) is 16.7 Å². The van der Waals surface area contributed by atoms with Crippen LogP contribution in [0.15, 0.2) is 48.5 Å². The van der Waals surface area contributed by atoms with Crippen molar-refractivity contribution in [3.8, 4) is 0 Å². The van der Waals surface area contributed by atoms with Crippen LogP contribution >= 0.6 is 0 Å². The zero-order chi connectivity index (χ0) is 24.0. The van der Waals surface area contributed by atoms with Crippen LogP contribution in [0.2, 0.25) is 0 Å². The van der Waals surface area contributed by atoms with Gasteiger partial charge in [-0.2, -0.15) is 0 Å². The first kappa shape index (κ1) is 22.5. The molecular formula is C30H36N4. The Morgan fingerprint density at radius 3 is 2.29 bits per heavy atom. The van der Waals surface area contributed by atoms with Gasteiger partial charge in [-0.3, -0.25) is 0 Å². The third-order valence-electron chi connectivity index (χ3n) is 7.16. The number of aromatic nitrogens is 2. The molecule has 1 saturated carbocycles. The second-order valence-corrected chi connectivity index (χ2v) is 10.3. The Labute approximate surface area is 203 Å². The lowest BCUT2D eigenvalue weighted by Crippen LogP contribution is -2.26. The van der Waals surface area contributed by atoms with E-state index >= 15 is 0 Å². The lowest BCUT2D eigenvalue weighted by molar-refractivity contribution is 0.721. The number of hydrogen-bond acceptors (Lipinski definition) is 3. The van der Waals surface area contributed by atoms with E-state index in [0.717, 1.165) is 36.2 Å². The summed E-state index contributed by atoms with van der Waals surface area (Å²) >= 11 is 0. The van der Waals surface area contributed by atoms with E-state index in [9.17, 15) is 0 Å². The first-order valence-corrected chi connectivity index (χ1v) is 12.4. The second-order valence-electron chi connectivity index (χ2n) is 10.3. The predicted molar refractivity (Wildman–Crippen MR) is 144 cm³/mol. The second kappa shape index (κ2) is 8.83. The van der Waals surface area contributed by atoms with Crippen LogP contribution < -0.4 is 10.2 Å². The first-order valence-electron chi connectivity index (χ1n) is 12.4. The Hall–Kier alpha value is -3.27. The van der Waals surface area contributed by atoms with Crippen LogP contribution in [0.1, 0.15) is 46.2 Å². The molecule has 4 nitrogen and oxygen atoms in total. The van der Waals surface area contributed by atoms with Crippen molar-refractivity contribution in [3.63, 3.8) is 0 Å². The van der Waals surface area contributed by atoms with Crippen molar-refractivity contribution in [3.05, 3.63) is 81.9 Å². The molecule has 1 fully saturated rings. The molecule has 0 amide bonds. The van der Waals surface area contributed by atoms with Crippen LogP contribution in [-0.2, 0) is 13.6 Å². The van der Waals surface area contributed by atoms with Gasteiger partial charge in [0.15, 0.2) is 0 Å². The third-order valence-corrected chi connectivity index (χ3v) is 7.16. The van der Waals surface area contributed by atoms with Crippen molar-refractivity contribution < 1.29 is 0 Å². The van der Waals surface area contributed by atoms with Crippen molar-refractivity contribution >= 4 is 28.4 Å². The van der Waals surface area contributed by atoms with Gasteiger partial charge in [0.1, 0.15) is 0 Å². The maximum absolute atomic E-state index is 5.01. The summed E-state index contributed by atoms with van der Waals surface area (Å²) < 4.78 is 2.23. The molecule has 0 saturated heterocycles. The van der Waals surface area contributed by atoms with E-state index in [1.165, 1.54) is 57.4 Å². The van der Waals surface area contributed by atoms with Crippen molar-refractivity contribution in [2.45, 2.75) is 54.0 Å². The number of imidazole rings is 1. The molecule has 1 aliphatic rings. The van der Waals surface area contributed by atoms with Gasteiger partial charge in [-0.15, -0.1) is 0 Å². The highest BCUT2D eigenvalue weighted by Gasteiger charge is 2.26. The van der Waals surface area contributed by atoms with E-state index in [0.29, 0.717) is 0 Å². The van der Waals surface area contributed by atoms with E-state index in [2.05, 4.69) is 105 Å². The largest absolute Gasteiger partial charge is 0.365 e. The molecule has 4 heteroatoms. The molecule has 1 N–H and O–H groups in total. The summed E-state index contributed by atoms with van der Waals surface area (Å²) in [4.78, 5) is 7.59. The Bertz CT molecular complexity index is 1340. The normalized spacial score (nSPS) is 13.5. The van der Waals surface area contributed by atoms with Gasteiger partial charge in [-0.25, -0.2) is 4.98 Å². The van der Waals surface area contributed by atoms with E-state index in [4.69, 9.17) is 4.98 Å². The maximum Gasteiger partial charge on any atom is 0.208 e. The fourth-order valence-corrected chi connectivity index (χ4v) is 5.19. The number of hydrogen-bond donors (Lipinski definition) is 1. The molecule has 1 aliphatic carbocycles. The van der Waals surface area contributed by atoms with Gasteiger partial charge in [-0.05, 0) is 87.8 Å². The van der Waals surface area contributed by atoms with E-state index in [-0.39, 0.29) is 0 Å². The molecule has 3 aromatic carbocycles. The summed E-state index contributed by atoms with van der Waals surface area (Å²) in [7, 11) is 2.13. The molecule has 0 atom stereocenters. The minimum Gasteiger partial charge on any atom is -0.365 e. The number of nitrogens with one attached hydrogen (secondary N) is 1. The van der Waals surface area contributed by atoms with Crippen molar-refractivity contribution in [2.75, 3.05) is 16.8 Å². The van der Waals surface area contributed by atoms with Gasteiger partial charge >= 0.3 is 0 Å². The van der Waals surface area contributed by atoms with Gasteiger partial charge in [0.25, 0.3) is 0 Å². The van der Waals surface area contributed by atoms with Crippen LogP contribution in [0.4, 0.5) is 17.3 Å². The Balaban J connectivity index is 1.55. The fourth-order valence-electron chi connectivity index (χ4n) is 5.19. The lowest BCUT2D eigenvalue weighted by Gasteiger charge is -2.27. The summed E-state index contributed by atoms with van der Waals surface area (Å²) in [5.41, 5.74) is 12.5. The third kappa shape index (κ3) is 4.42. The summed E-state index contributed by atoms with van der Waals surface area (Å²) in [5, 5.41) is 3.64. The SMILES string of the molecule is Cc1ccc(CN(CC2CC2)c2cccc3nc(Nc4c(C)cc(C)cc4C)n(C)c23)c(C)c1. The Morgan fingerprint density at radius 2 is 1.62 bits per heavy atom. The van der Waals surface area contributed by atoms with Crippen LogP contribution in [-0.4, -0.2) is 16.1 Å². The highest BCUT2D eigenvalue weighted by atomic mass is 15.2. The quantitative estimate of drug-likeness (QED) is 0.320. The summed E-state index contributed by atoms with van der Waals surface area (Å²) in [6.45, 7) is 12.9. The molecule has 34 heavy (non-hydrogen) atoms. The average molecular weight is 453 g/mol. The number of fused-ring (bicyclic) bond motifs is 1. The Morgan fingerprint density at radius 1 is 0.912 bits per heavy atom. The number of anilines is 3. The van der Waals surface area contributed by atoms with E-state index < -0.39 is 0 Å². The molecule has 0 spiro atoms. The van der Waals surface area contributed by atoms with Gasteiger partial charge in [0, 0.05) is 25.8 Å². The number of benzene rings is 3. The molecule has 1 heterocycles. The van der Waals surface area contributed by atoms with Crippen LogP contribution in [0.3, 0.4) is 0 Å². The van der Waals surface area contributed by atoms with Gasteiger partial charge in [-0.1, -0.05) is 47.5 Å². The van der Waals surface area contributed by atoms with Crippen LogP contribution in [0.25, 0.3) is 11.0 Å². The Kier molecular flexibility index (Phi) is 5.85. The van der Waals surface area contributed by atoms with Crippen molar-refractivity contribution in [1.82, 2.24) is 9.55 Å². The number of aryl methyl sites for hydroxylation is 6. The van der Waals surface area contributed by atoms with E-state index in [1.807, 2.05) is 0 Å². The number of rotatable bonds is 7. The molecule has 0 bridgehead atoms. The summed E-state index contributed by atoms with van der Waals surface area (Å²) in [5.74, 6) is 1.68. The molecular weight excluding hydrogens is 416 g/mol. The first-order chi connectivity index (χ1) is 16.3. The van der Waals surface area contributed by atoms with Gasteiger partial charge in [0.2, 0.25) is 5.95 Å². The molecule has 176 valence electrons. The highest BCUT2D eigenvalue weighted by Crippen LogP contribution is 2.36. The fraction of sp³-hybridized carbons (Fsp3) is 0.367. The van der Waals surface area contributed by atoms with Crippen LogP contribution in [0.5, 0.6) is 0 Å². The minimum atomic E-state index is 0.796. The van der Waals surface area contributed by atoms with Crippen molar-refractivity contribution in [1.29, 1.82) is 0 Å². The topological polar surface area (TPSA) is 33.1 Å². The molecule has 0 radical (unpaired) electrons. The molecule has 0 aliphatic heterocycles. The van der Waals surface area contributed by atoms with Gasteiger partial charge < -0.3 is 14.8 Å². The average Bonchev–Trinajstić information content (AvgIpc) is 3.54. The summed E-state index contributed by atoms with van der Waals surface area (Å²) in [6, 6.07) is 17.8. The molecule has 1 aromatic heterocycles. The molecule has 0 unspecified atom stereocenters. The predicted octanol–water partition coefficient (Wildman–Crippen LogP) is 7.28. The molecule has 4 aromatic rings. The lowest BCUT2D eigenvalue weighted by atomic mass is 10.0. The minimum absolute atomic E-state index is 0.796. The molecule has 5 rings (SSSR count). The van der Waals surface area contributed by atoms with E-state index in [1.54, 1.807) is 0 Å². The van der Waals surface area contributed by atoms with Crippen molar-refractivity contribution in [2.24, 2.45) is 13.0 Å². The van der Waals surface area contributed by atoms with Crippen LogP contribution in [0, 0.1) is 40.5 Å². The zero-order valence-electron chi connectivity index (χ0n) is 21.4. The summed E-state index contributed by atoms with van der Waals surface area (Å²) in [6.07, 6.45) is 2.67. The number of para-hydroxylation sites is 1.